The van der Waals surface area contributed by atoms with Crippen molar-refractivity contribution in [2.45, 2.75) is 39.9 Å². The predicted octanol–water partition coefficient (Wildman–Crippen LogP) is 8.64. The Labute approximate surface area is 203 Å². The first-order valence-corrected chi connectivity index (χ1v) is 21.5. The maximum absolute atomic E-state index is 5.89. The van der Waals surface area contributed by atoms with Crippen LogP contribution in [-0.4, -0.2) is 18.1 Å². The normalized spacial score (nSPS) is 10.8. The van der Waals surface area contributed by atoms with Crippen molar-refractivity contribution in [3.63, 3.8) is 0 Å². The van der Waals surface area contributed by atoms with E-state index in [2.05, 4.69) is 98.5 Å². The molecule has 4 rings (SSSR count). The van der Waals surface area contributed by atoms with E-state index in [0.717, 1.165) is 13.0 Å². The van der Waals surface area contributed by atoms with Crippen LogP contribution < -0.4 is 0 Å². The molecule has 0 aromatic heterocycles. The van der Waals surface area contributed by atoms with Crippen LogP contribution in [0.3, 0.4) is 0 Å². The summed E-state index contributed by atoms with van der Waals surface area (Å²) in [6.45, 7) is 11.5. The van der Waals surface area contributed by atoms with Crippen LogP contribution in [0.1, 0.15) is 19.4 Å². The molecule has 0 saturated carbocycles. The predicted molar refractivity (Wildman–Crippen MR) is 140 cm³/mol. The van der Waals surface area contributed by atoms with Crippen LogP contribution in [0.25, 0.3) is 21.5 Å². The van der Waals surface area contributed by atoms with Crippen molar-refractivity contribution in [3.05, 3.63) is 84.4 Å². The van der Waals surface area contributed by atoms with Crippen LogP contribution >= 0.6 is 17.0 Å². The molecular formula is C26H32Cl2OSiZr-2. The number of benzene rings is 2. The molecule has 5 heteroatoms. The van der Waals surface area contributed by atoms with Crippen LogP contribution in [0.15, 0.2) is 78.9 Å². The fourth-order valence-electron chi connectivity index (χ4n) is 2.97. The van der Waals surface area contributed by atoms with Gasteiger partial charge in [-0.05, 0) is 26.1 Å². The van der Waals surface area contributed by atoms with Crippen LogP contribution in [0.5, 0.6) is 0 Å². The van der Waals surface area contributed by atoms with Crippen molar-refractivity contribution in [2.24, 2.45) is 0 Å². The van der Waals surface area contributed by atoms with Crippen LogP contribution in [-0.2, 0) is 29.7 Å². The maximum atomic E-state index is 5.89. The largest absolute Gasteiger partial charge is 0.418 e. The first-order valence-electron chi connectivity index (χ1n) is 10.5. The summed E-state index contributed by atoms with van der Waals surface area (Å²) < 4.78 is 7.13. The minimum absolute atomic E-state index is 0.851. The monoisotopic (exact) mass is 548 g/mol. The molecule has 4 aromatic carbocycles. The molecule has 0 aliphatic carbocycles. The fourth-order valence-corrected chi connectivity index (χ4v) is 3.68. The summed E-state index contributed by atoms with van der Waals surface area (Å²) in [5.41, 5.74) is 1.41. The molecule has 0 heterocycles. The third kappa shape index (κ3) is 9.68. The molecule has 0 bridgehead atoms. The van der Waals surface area contributed by atoms with E-state index < -0.39 is 27.2 Å². The van der Waals surface area contributed by atoms with Gasteiger partial charge in [0, 0.05) is 6.61 Å². The van der Waals surface area contributed by atoms with E-state index in [1.165, 1.54) is 30.3 Å². The third-order valence-electron chi connectivity index (χ3n) is 4.60. The summed E-state index contributed by atoms with van der Waals surface area (Å²) in [4.78, 5) is 0. The Morgan fingerprint density at radius 1 is 0.903 bits per heavy atom. The standard InChI is InChI=1S/C14H19OSi.C9H7.C3H6.2ClH.Zr/c1-16(2,3)15-11-10-13-9-8-12-6-4-5-7-14(12)13;1-2-5-9-7-3-6-8(9)4-1;1-3-2;;;/h4-9H,10-11H2,1-3H3;1-7H;1-2H3;2*1H;/q2*-1;;;;+2/p-2. The van der Waals surface area contributed by atoms with Crippen molar-refractivity contribution < 1.29 is 23.3 Å². The van der Waals surface area contributed by atoms with Gasteiger partial charge in [-0.1, -0.05) is 12.1 Å². The van der Waals surface area contributed by atoms with Gasteiger partial charge in [0.25, 0.3) is 0 Å². The van der Waals surface area contributed by atoms with Crippen LogP contribution in [0.4, 0.5) is 0 Å². The molecule has 0 saturated heterocycles. The Kier molecular flexibility index (Phi) is 11.1. The Bertz CT molecular complexity index is 1060. The molecule has 166 valence electrons. The smallest absolute Gasteiger partial charge is 0.183 e. The average molecular weight is 551 g/mol. The fraction of sp³-hybridized carbons (Fsp3) is 0.269. The van der Waals surface area contributed by atoms with Gasteiger partial charge in [-0.25, -0.2) is 0 Å². The van der Waals surface area contributed by atoms with E-state index in [1.807, 2.05) is 13.8 Å². The first kappa shape index (κ1) is 26.4. The molecular weight excluding hydrogens is 519 g/mol. The molecule has 0 aliphatic rings. The second-order valence-corrected chi connectivity index (χ2v) is 22.4. The zero-order valence-electron chi connectivity index (χ0n) is 19.1. The van der Waals surface area contributed by atoms with E-state index in [-0.39, 0.29) is 0 Å². The van der Waals surface area contributed by atoms with Gasteiger partial charge in [-0.15, -0.1) is 70.8 Å². The van der Waals surface area contributed by atoms with Crippen molar-refractivity contribution >= 4 is 50.1 Å². The Morgan fingerprint density at radius 3 is 2.13 bits per heavy atom. The summed E-state index contributed by atoms with van der Waals surface area (Å²) in [5, 5.41) is 5.38. The van der Waals surface area contributed by atoms with Crippen molar-refractivity contribution in [3.8, 4) is 0 Å². The van der Waals surface area contributed by atoms with Gasteiger partial charge < -0.3 is 4.43 Å². The van der Waals surface area contributed by atoms with Gasteiger partial charge >= 0.3 is 53.0 Å². The molecule has 31 heavy (non-hydrogen) atoms. The molecule has 0 atom stereocenters. The molecule has 0 radical (unpaired) electrons. The first-order chi connectivity index (χ1) is 14.7. The van der Waals surface area contributed by atoms with Crippen molar-refractivity contribution in [1.82, 2.24) is 0 Å². The molecule has 0 unspecified atom stereocenters. The van der Waals surface area contributed by atoms with Crippen molar-refractivity contribution in [2.75, 3.05) is 6.61 Å². The number of hydrogen-bond donors (Lipinski definition) is 0. The van der Waals surface area contributed by atoms with Crippen molar-refractivity contribution in [1.29, 1.82) is 0 Å². The van der Waals surface area contributed by atoms with Crippen LogP contribution in [0.2, 0.25) is 19.6 Å². The van der Waals surface area contributed by atoms with E-state index in [0.29, 0.717) is 0 Å². The van der Waals surface area contributed by atoms with E-state index in [1.54, 1.807) is 0 Å². The molecule has 0 spiro atoms. The average Bonchev–Trinajstić information content (AvgIpc) is 3.35. The molecule has 0 fully saturated rings. The zero-order chi connectivity index (χ0) is 22.9. The molecule has 0 amide bonds. The van der Waals surface area contributed by atoms with Gasteiger partial charge in [0.1, 0.15) is 0 Å². The van der Waals surface area contributed by atoms with Gasteiger partial charge in [-0.3, -0.25) is 0 Å². The molecule has 1 nitrogen and oxygen atoms in total. The second-order valence-electron chi connectivity index (χ2n) is 8.57. The Balaban J connectivity index is 0.000000191. The SMILES string of the molecule is C[C](C)=[Zr]([Cl])[Cl].C[Si](C)(C)OCCc1c[cH-]c2ccccc12.c1ccc2[cH-]ccc2c1. The molecule has 0 N–H and O–H groups in total. The minimum atomic E-state index is -1.84. The Hall–Kier alpha value is -0.830. The molecule has 0 aliphatic heterocycles. The van der Waals surface area contributed by atoms with Crippen LogP contribution in [0, 0.1) is 0 Å². The maximum Gasteiger partial charge on any atom is 0.183 e. The summed E-state index contributed by atoms with van der Waals surface area (Å²) in [6, 6.07) is 27.6. The summed E-state index contributed by atoms with van der Waals surface area (Å²) in [7, 11) is 9.72. The Morgan fingerprint density at radius 2 is 1.52 bits per heavy atom. The number of fused-ring (bicyclic) bond motifs is 2. The number of hydrogen-bond acceptors (Lipinski definition) is 1. The van der Waals surface area contributed by atoms with E-state index in [9.17, 15) is 0 Å². The topological polar surface area (TPSA) is 9.23 Å². The summed E-state index contributed by atoms with van der Waals surface area (Å²) in [5.74, 6) is 0. The third-order valence-corrected chi connectivity index (χ3v) is 12.0. The second kappa shape index (κ2) is 13.0. The van der Waals surface area contributed by atoms with E-state index in [4.69, 9.17) is 21.5 Å². The van der Waals surface area contributed by atoms with Gasteiger partial charge in [0.15, 0.2) is 8.32 Å². The summed E-state index contributed by atoms with van der Waals surface area (Å²) in [6.07, 6.45) is 1.03. The van der Waals surface area contributed by atoms with E-state index >= 15 is 0 Å². The molecule has 4 aromatic rings. The zero-order valence-corrected chi connectivity index (χ0v) is 24.1. The van der Waals surface area contributed by atoms with Gasteiger partial charge in [0.05, 0.1) is 0 Å². The number of rotatable bonds is 4. The minimum Gasteiger partial charge on any atom is -0.418 e. The van der Waals surface area contributed by atoms with Gasteiger partial charge in [-0.2, -0.15) is 23.1 Å². The number of halogens is 2. The quantitative estimate of drug-likeness (QED) is 0.183. The van der Waals surface area contributed by atoms with Gasteiger partial charge in [0.2, 0.25) is 0 Å². The summed E-state index contributed by atoms with van der Waals surface area (Å²) >= 11 is -1.84.